The van der Waals surface area contributed by atoms with Crippen molar-refractivity contribution in [3.05, 3.63) is 59.1 Å². The van der Waals surface area contributed by atoms with Crippen molar-refractivity contribution >= 4 is 33.2 Å². The third kappa shape index (κ3) is 3.78. The van der Waals surface area contributed by atoms with E-state index in [4.69, 9.17) is 17.3 Å². The number of nitrogens with zero attached hydrogens (tertiary/aromatic N) is 2. The number of benzene rings is 2. The number of amides is 1. The summed E-state index contributed by atoms with van der Waals surface area (Å²) in [6.45, 7) is 1.20. The van der Waals surface area contributed by atoms with Gasteiger partial charge in [0.2, 0.25) is 10.0 Å². The fourth-order valence-electron chi connectivity index (χ4n) is 2.70. The van der Waals surface area contributed by atoms with Gasteiger partial charge in [0.05, 0.1) is 4.90 Å². The molecule has 0 saturated carbocycles. The third-order valence-electron chi connectivity index (χ3n) is 4.13. The minimum Gasteiger partial charge on any atom is -0.399 e. The molecule has 0 spiro atoms. The van der Waals surface area contributed by atoms with E-state index in [1.807, 2.05) is 0 Å². The average Bonchev–Trinajstić information content (AvgIpc) is 2.62. The van der Waals surface area contributed by atoms with Crippen LogP contribution in [0.3, 0.4) is 0 Å². The van der Waals surface area contributed by atoms with Gasteiger partial charge in [-0.2, -0.15) is 4.31 Å². The molecule has 132 valence electrons. The van der Waals surface area contributed by atoms with Crippen LogP contribution < -0.4 is 5.73 Å². The molecule has 1 saturated heterocycles. The molecule has 25 heavy (non-hydrogen) atoms. The van der Waals surface area contributed by atoms with Crippen LogP contribution in [0, 0.1) is 0 Å². The second-order valence-corrected chi connectivity index (χ2v) is 8.15. The van der Waals surface area contributed by atoms with E-state index < -0.39 is 10.0 Å². The zero-order valence-corrected chi connectivity index (χ0v) is 15.0. The number of rotatable bonds is 3. The fourth-order valence-corrected chi connectivity index (χ4v) is 4.24. The van der Waals surface area contributed by atoms with E-state index in [9.17, 15) is 13.2 Å². The van der Waals surface area contributed by atoms with Gasteiger partial charge in [0.25, 0.3) is 5.91 Å². The normalized spacial score (nSPS) is 16.0. The second kappa shape index (κ2) is 7.03. The van der Waals surface area contributed by atoms with E-state index in [2.05, 4.69) is 0 Å². The van der Waals surface area contributed by atoms with Crippen molar-refractivity contribution in [2.75, 3.05) is 31.9 Å². The highest BCUT2D eigenvalue weighted by Crippen LogP contribution is 2.20. The molecule has 1 amide bonds. The Bertz CT molecular complexity index is 859. The van der Waals surface area contributed by atoms with Crippen molar-refractivity contribution in [1.82, 2.24) is 9.21 Å². The van der Waals surface area contributed by atoms with Crippen LogP contribution in [0.1, 0.15) is 10.4 Å². The van der Waals surface area contributed by atoms with Crippen LogP contribution in [-0.4, -0.2) is 49.7 Å². The Morgan fingerprint density at radius 2 is 1.48 bits per heavy atom. The Morgan fingerprint density at radius 3 is 2.04 bits per heavy atom. The lowest BCUT2D eigenvalue weighted by atomic mass is 10.1. The number of nitrogens with two attached hydrogens (primary N) is 1. The highest BCUT2D eigenvalue weighted by Gasteiger charge is 2.30. The highest BCUT2D eigenvalue weighted by atomic mass is 35.5. The summed E-state index contributed by atoms with van der Waals surface area (Å²) in [5, 5.41) is 0.484. The minimum absolute atomic E-state index is 0.122. The van der Waals surface area contributed by atoms with Gasteiger partial charge in [-0.15, -0.1) is 0 Å². The summed E-state index contributed by atoms with van der Waals surface area (Å²) in [6, 6.07) is 12.8. The van der Waals surface area contributed by atoms with E-state index in [1.165, 1.54) is 16.4 Å². The van der Waals surface area contributed by atoms with E-state index in [0.717, 1.165) is 0 Å². The lowest BCUT2D eigenvalue weighted by molar-refractivity contribution is 0.0698. The van der Waals surface area contributed by atoms with Crippen molar-refractivity contribution < 1.29 is 13.2 Å². The molecule has 2 aromatic rings. The summed E-state index contributed by atoms with van der Waals surface area (Å²) < 4.78 is 26.7. The summed E-state index contributed by atoms with van der Waals surface area (Å²) >= 11 is 5.81. The van der Waals surface area contributed by atoms with Gasteiger partial charge in [-0.05, 0) is 48.5 Å². The van der Waals surface area contributed by atoms with Crippen molar-refractivity contribution in [1.29, 1.82) is 0 Å². The lowest BCUT2D eigenvalue weighted by Crippen LogP contribution is -2.50. The molecule has 1 heterocycles. The largest absolute Gasteiger partial charge is 0.399 e. The topological polar surface area (TPSA) is 83.7 Å². The molecule has 1 aliphatic rings. The Hall–Kier alpha value is -2.09. The number of halogens is 1. The summed E-state index contributed by atoms with van der Waals surface area (Å²) in [6.07, 6.45) is 0. The summed E-state index contributed by atoms with van der Waals surface area (Å²) in [4.78, 5) is 14.3. The maximum absolute atomic E-state index is 12.6. The van der Waals surface area contributed by atoms with Crippen LogP contribution in [-0.2, 0) is 10.0 Å². The number of anilines is 1. The van der Waals surface area contributed by atoms with Gasteiger partial charge in [-0.1, -0.05) is 11.6 Å². The molecule has 0 bridgehead atoms. The van der Waals surface area contributed by atoms with Crippen LogP contribution in [0.15, 0.2) is 53.4 Å². The first-order valence-electron chi connectivity index (χ1n) is 7.78. The highest BCUT2D eigenvalue weighted by molar-refractivity contribution is 7.89. The van der Waals surface area contributed by atoms with Crippen molar-refractivity contribution in [2.45, 2.75) is 4.90 Å². The fraction of sp³-hybridized carbons (Fsp3) is 0.235. The number of hydrogen-bond acceptors (Lipinski definition) is 4. The minimum atomic E-state index is -3.58. The molecule has 0 unspecified atom stereocenters. The van der Waals surface area contributed by atoms with Crippen molar-refractivity contribution in [2.24, 2.45) is 0 Å². The third-order valence-corrected chi connectivity index (χ3v) is 6.30. The molecular weight excluding hydrogens is 362 g/mol. The van der Waals surface area contributed by atoms with Gasteiger partial charge in [0.1, 0.15) is 0 Å². The van der Waals surface area contributed by atoms with E-state index >= 15 is 0 Å². The molecule has 3 rings (SSSR count). The van der Waals surface area contributed by atoms with Crippen LogP contribution in [0.5, 0.6) is 0 Å². The quantitative estimate of drug-likeness (QED) is 0.827. The van der Waals surface area contributed by atoms with Gasteiger partial charge in [0.15, 0.2) is 0 Å². The summed E-state index contributed by atoms with van der Waals surface area (Å²) in [7, 11) is -3.58. The van der Waals surface area contributed by atoms with E-state index in [-0.39, 0.29) is 23.9 Å². The molecule has 0 aliphatic carbocycles. The molecule has 6 nitrogen and oxygen atoms in total. The van der Waals surface area contributed by atoms with Gasteiger partial charge in [-0.25, -0.2) is 8.42 Å². The molecular formula is C17H18ClN3O3S. The monoisotopic (exact) mass is 379 g/mol. The maximum atomic E-state index is 12.6. The predicted octanol–water partition coefficient (Wildman–Crippen LogP) is 2.07. The Morgan fingerprint density at radius 1 is 0.920 bits per heavy atom. The van der Waals surface area contributed by atoms with Gasteiger partial charge in [0, 0.05) is 42.5 Å². The second-order valence-electron chi connectivity index (χ2n) is 5.77. The van der Waals surface area contributed by atoms with Crippen LogP contribution in [0.25, 0.3) is 0 Å². The smallest absolute Gasteiger partial charge is 0.253 e. The molecule has 1 aliphatic heterocycles. The molecule has 8 heteroatoms. The van der Waals surface area contributed by atoms with Crippen LogP contribution in [0.4, 0.5) is 5.69 Å². The van der Waals surface area contributed by atoms with Crippen molar-refractivity contribution in [3.8, 4) is 0 Å². The Kier molecular flexibility index (Phi) is 4.99. The standard InChI is InChI=1S/C17H18ClN3O3S/c18-14-3-7-16(8-4-14)25(23,24)21-11-9-20(10-12-21)17(22)13-1-5-15(19)6-2-13/h1-8H,9-12,19H2. The number of nitrogen functional groups attached to an aromatic ring is 1. The number of carbonyl (C=O) groups excluding carboxylic acids is 1. The molecule has 0 atom stereocenters. The Balaban J connectivity index is 1.68. The first kappa shape index (κ1) is 17.7. The molecule has 0 aromatic heterocycles. The van der Waals surface area contributed by atoms with Crippen LogP contribution in [0.2, 0.25) is 5.02 Å². The SMILES string of the molecule is Nc1ccc(C(=O)N2CCN(S(=O)(=O)c3ccc(Cl)cc3)CC2)cc1. The molecule has 2 N–H and O–H groups in total. The average molecular weight is 380 g/mol. The Labute approximate surface area is 151 Å². The molecule has 1 fully saturated rings. The summed E-state index contributed by atoms with van der Waals surface area (Å²) in [5.74, 6) is -0.122. The lowest BCUT2D eigenvalue weighted by Gasteiger charge is -2.34. The number of hydrogen-bond donors (Lipinski definition) is 1. The zero-order valence-electron chi connectivity index (χ0n) is 13.4. The van der Waals surface area contributed by atoms with Gasteiger partial charge >= 0.3 is 0 Å². The van der Waals surface area contributed by atoms with Gasteiger partial charge < -0.3 is 10.6 Å². The first-order valence-corrected chi connectivity index (χ1v) is 9.60. The predicted molar refractivity (Wildman–Crippen MR) is 97.0 cm³/mol. The van der Waals surface area contributed by atoms with E-state index in [1.54, 1.807) is 41.3 Å². The first-order chi connectivity index (χ1) is 11.9. The number of sulfonamides is 1. The van der Waals surface area contributed by atoms with Crippen molar-refractivity contribution in [3.63, 3.8) is 0 Å². The summed E-state index contributed by atoms with van der Waals surface area (Å²) in [5.41, 5.74) is 6.77. The molecule has 2 aromatic carbocycles. The zero-order chi connectivity index (χ0) is 18.0. The van der Waals surface area contributed by atoms with E-state index in [0.29, 0.717) is 29.4 Å². The number of piperazine rings is 1. The van der Waals surface area contributed by atoms with Crippen LogP contribution >= 0.6 is 11.6 Å². The number of carbonyl (C=O) groups is 1. The molecule has 0 radical (unpaired) electrons. The maximum Gasteiger partial charge on any atom is 0.253 e. The van der Waals surface area contributed by atoms with Gasteiger partial charge in [-0.3, -0.25) is 4.79 Å².